The second-order valence-corrected chi connectivity index (χ2v) is 6.67. The molecule has 2 saturated carbocycles. The summed E-state index contributed by atoms with van der Waals surface area (Å²) in [6.07, 6.45) is 8.58. The third kappa shape index (κ3) is 3.48. The van der Waals surface area contributed by atoms with Crippen LogP contribution < -0.4 is 11.1 Å². The van der Waals surface area contributed by atoms with Gasteiger partial charge in [-0.2, -0.15) is 0 Å². The lowest BCUT2D eigenvalue weighted by atomic mass is 9.81. The molecule has 1 amide bonds. The molecule has 0 saturated heterocycles. The summed E-state index contributed by atoms with van der Waals surface area (Å²) in [5.74, 6) is 3.00. The van der Waals surface area contributed by atoms with E-state index in [1.807, 2.05) is 0 Å². The first-order valence-electron chi connectivity index (χ1n) is 8.13. The Morgan fingerprint density at radius 1 is 1.25 bits per heavy atom. The van der Waals surface area contributed by atoms with Gasteiger partial charge in [0.1, 0.15) is 0 Å². The average molecular weight is 303 g/mol. The van der Waals surface area contributed by atoms with Crippen LogP contribution in [0.25, 0.3) is 0 Å². The summed E-state index contributed by atoms with van der Waals surface area (Å²) in [5.41, 5.74) is 5.47. The SMILES string of the molecule is CCC(CC)(CN)C(=O)NCCC1CC2CCC1C2.Cl. The van der Waals surface area contributed by atoms with Gasteiger partial charge in [-0.15, -0.1) is 12.4 Å². The first-order valence-corrected chi connectivity index (χ1v) is 8.13. The van der Waals surface area contributed by atoms with Gasteiger partial charge in [0.2, 0.25) is 5.91 Å². The molecule has 0 aliphatic heterocycles. The number of nitrogens with two attached hydrogens (primary N) is 1. The molecule has 3 nitrogen and oxygen atoms in total. The molecule has 3 N–H and O–H groups in total. The van der Waals surface area contributed by atoms with Crippen LogP contribution in [0, 0.1) is 23.2 Å². The monoisotopic (exact) mass is 302 g/mol. The summed E-state index contributed by atoms with van der Waals surface area (Å²) in [5, 5.41) is 3.14. The second-order valence-electron chi connectivity index (χ2n) is 6.67. The number of rotatable bonds is 7. The first kappa shape index (κ1) is 17.8. The lowest BCUT2D eigenvalue weighted by molar-refractivity contribution is -0.131. The van der Waals surface area contributed by atoms with Crippen LogP contribution in [0.5, 0.6) is 0 Å². The minimum absolute atomic E-state index is 0. The van der Waals surface area contributed by atoms with E-state index < -0.39 is 0 Å². The van der Waals surface area contributed by atoms with E-state index in [1.165, 1.54) is 32.1 Å². The molecule has 0 aromatic rings. The normalized spacial score (nSPS) is 28.2. The van der Waals surface area contributed by atoms with Crippen molar-refractivity contribution in [2.24, 2.45) is 28.9 Å². The highest BCUT2D eigenvalue weighted by Gasteiger charge is 2.39. The van der Waals surface area contributed by atoms with Gasteiger partial charge in [0.15, 0.2) is 0 Å². The number of hydrogen-bond acceptors (Lipinski definition) is 2. The van der Waals surface area contributed by atoms with Crippen LogP contribution in [0.3, 0.4) is 0 Å². The van der Waals surface area contributed by atoms with Gasteiger partial charge >= 0.3 is 0 Å². The summed E-state index contributed by atoms with van der Waals surface area (Å²) in [4.78, 5) is 12.3. The van der Waals surface area contributed by atoms with E-state index >= 15 is 0 Å². The van der Waals surface area contributed by atoms with Crippen LogP contribution in [0.2, 0.25) is 0 Å². The zero-order chi connectivity index (χ0) is 13.9. The zero-order valence-corrected chi connectivity index (χ0v) is 13.8. The minimum atomic E-state index is -0.339. The maximum atomic E-state index is 12.3. The van der Waals surface area contributed by atoms with Gasteiger partial charge in [-0.3, -0.25) is 4.79 Å². The number of fused-ring (bicyclic) bond motifs is 2. The lowest BCUT2D eigenvalue weighted by Gasteiger charge is -2.29. The van der Waals surface area contributed by atoms with Crippen molar-refractivity contribution < 1.29 is 4.79 Å². The summed E-state index contributed by atoms with van der Waals surface area (Å²) in [7, 11) is 0. The van der Waals surface area contributed by atoms with Crippen molar-refractivity contribution in [3.8, 4) is 0 Å². The Morgan fingerprint density at radius 2 is 1.95 bits per heavy atom. The summed E-state index contributed by atoms with van der Waals surface area (Å²) < 4.78 is 0. The Hall–Kier alpha value is -0.280. The Balaban J connectivity index is 0.00000200. The van der Waals surface area contributed by atoms with Crippen molar-refractivity contribution in [3.63, 3.8) is 0 Å². The molecule has 20 heavy (non-hydrogen) atoms. The molecule has 2 fully saturated rings. The predicted molar refractivity (Wildman–Crippen MR) is 85.9 cm³/mol. The maximum absolute atomic E-state index is 12.3. The largest absolute Gasteiger partial charge is 0.356 e. The highest BCUT2D eigenvalue weighted by atomic mass is 35.5. The predicted octanol–water partition coefficient (Wildman–Crippen LogP) is 3.12. The Labute approximate surface area is 129 Å². The Bertz CT molecular complexity index is 309. The number of amides is 1. The fourth-order valence-corrected chi connectivity index (χ4v) is 4.24. The highest BCUT2D eigenvalue weighted by molar-refractivity contribution is 5.85. The summed E-state index contributed by atoms with van der Waals surface area (Å²) in [6, 6.07) is 0. The van der Waals surface area contributed by atoms with Gasteiger partial charge in [-0.1, -0.05) is 20.3 Å². The van der Waals surface area contributed by atoms with E-state index in [0.29, 0.717) is 6.54 Å². The molecule has 2 aliphatic rings. The smallest absolute Gasteiger partial charge is 0.227 e. The van der Waals surface area contributed by atoms with Gasteiger partial charge in [0.05, 0.1) is 5.41 Å². The van der Waals surface area contributed by atoms with Crippen LogP contribution in [0.15, 0.2) is 0 Å². The van der Waals surface area contributed by atoms with Gasteiger partial charge in [0.25, 0.3) is 0 Å². The molecule has 3 atom stereocenters. The summed E-state index contributed by atoms with van der Waals surface area (Å²) in [6.45, 7) is 5.42. The van der Waals surface area contributed by atoms with Crippen LogP contribution in [0.1, 0.15) is 58.8 Å². The van der Waals surface area contributed by atoms with Crippen molar-refractivity contribution in [2.75, 3.05) is 13.1 Å². The molecule has 118 valence electrons. The number of carbonyl (C=O) groups excluding carboxylic acids is 1. The topological polar surface area (TPSA) is 55.1 Å². The van der Waals surface area contributed by atoms with Crippen molar-refractivity contribution in [3.05, 3.63) is 0 Å². The minimum Gasteiger partial charge on any atom is -0.356 e. The third-order valence-corrected chi connectivity index (χ3v) is 5.91. The van der Waals surface area contributed by atoms with Crippen LogP contribution in [0.4, 0.5) is 0 Å². The number of hydrogen-bond donors (Lipinski definition) is 2. The lowest BCUT2D eigenvalue weighted by Crippen LogP contribution is -2.45. The number of carbonyl (C=O) groups is 1. The molecule has 4 heteroatoms. The van der Waals surface area contributed by atoms with Crippen LogP contribution in [-0.4, -0.2) is 19.0 Å². The summed E-state index contributed by atoms with van der Waals surface area (Å²) >= 11 is 0. The van der Waals surface area contributed by atoms with E-state index in [4.69, 9.17) is 5.73 Å². The molecule has 0 heterocycles. The van der Waals surface area contributed by atoms with Crippen LogP contribution >= 0.6 is 12.4 Å². The first-order chi connectivity index (χ1) is 9.15. The van der Waals surface area contributed by atoms with E-state index in [9.17, 15) is 4.79 Å². The van der Waals surface area contributed by atoms with Crippen LogP contribution in [-0.2, 0) is 4.79 Å². The number of halogens is 1. The van der Waals surface area contributed by atoms with E-state index in [2.05, 4.69) is 19.2 Å². The van der Waals surface area contributed by atoms with E-state index in [-0.39, 0.29) is 23.7 Å². The molecule has 2 aliphatic carbocycles. The highest BCUT2D eigenvalue weighted by Crippen LogP contribution is 2.49. The molecule has 0 spiro atoms. The molecular weight excluding hydrogens is 272 g/mol. The van der Waals surface area contributed by atoms with E-state index in [1.54, 1.807) is 0 Å². The van der Waals surface area contributed by atoms with E-state index in [0.717, 1.165) is 37.1 Å². The van der Waals surface area contributed by atoms with Gasteiger partial charge in [-0.25, -0.2) is 0 Å². The molecule has 2 rings (SSSR count). The molecular formula is C16H31ClN2O. The van der Waals surface area contributed by atoms with Gasteiger partial charge < -0.3 is 11.1 Å². The van der Waals surface area contributed by atoms with Crippen molar-refractivity contribution >= 4 is 18.3 Å². The van der Waals surface area contributed by atoms with Gasteiger partial charge in [-0.05, 0) is 56.3 Å². The Kier molecular flexibility index (Phi) is 6.80. The van der Waals surface area contributed by atoms with Crippen molar-refractivity contribution in [1.82, 2.24) is 5.32 Å². The van der Waals surface area contributed by atoms with Crippen molar-refractivity contribution in [1.29, 1.82) is 0 Å². The molecule has 0 radical (unpaired) electrons. The number of nitrogens with one attached hydrogen (secondary N) is 1. The van der Waals surface area contributed by atoms with Crippen molar-refractivity contribution in [2.45, 2.75) is 58.8 Å². The fourth-order valence-electron chi connectivity index (χ4n) is 4.24. The Morgan fingerprint density at radius 3 is 2.40 bits per heavy atom. The zero-order valence-electron chi connectivity index (χ0n) is 13.0. The third-order valence-electron chi connectivity index (χ3n) is 5.91. The average Bonchev–Trinajstić information content (AvgIpc) is 3.04. The molecule has 3 unspecified atom stereocenters. The maximum Gasteiger partial charge on any atom is 0.227 e. The molecule has 2 bridgehead atoms. The van der Waals surface area contributed by atoms with Gasteiger partial charge in [0, 0.05) is 13.1 Å². The molecule has 0 aromatic heterocycles. The standard InChI is InChI=1S/C16H30N2O.ClH/c1-3-16(4-2,11-17)15(19)18-8-7-14-10-12-5-6-13(14)9-12;/h12-14H,3-11,17H2,1-2H3,(H,18,19);1H. The quantitative estimate of drug-likeness (QED) is 0.759. The fraction of sp³-hybridized carbons (Fsp3) is 0.938. The molecule has 0 aromatic carbocycles. The second kappa shape index (κ2) is 7.65.